The molecule has 1 atom stereocenters. The number of hydrogen-bond acceptors (Lipinski definition) is 4. The minimum atomic E-state index is -0.376. The van der Waals surface area contributed by atoms with Crippen LogP contribution in [0, 0.1) is 5.82 Å². The number of ether oxygens (including phenoxy) is 1. The Hall–Kier alpha value is -2.11. The van der Waals surface area contributed by atoms with Crippen LogP contribution in [0.2, 0.25) is 5.02 Å². The highest BCUT2D eigenvalue weighted by atomic mass is 35.5. The molecule has 1 aliphatic rings. The van der Waals surface area contributed by atoms with Gasteiger partial charge in [-0.05, 0) is 18.2 Å². The number of aromatic nitrogens is 1. The maximum Gasteiger partial charge on any atom is 0.174 e. The normalized spacial score (nSPS) is 16.8. The Kier molecular flexibility index (Phi) is 3.06. The van der Waals surface area contributed by atoms with Gasteiger partial charge >= 0.3 is 0 Å². The maximum absolute atomic E-state index is 14.0. The average Bonchev–Trinajstić information content (AvgIpc) is 3.12. The first-order valence-electron chi connectivity index (χ1n) is 6.82. The Morgan fingerprint density at radius 1 is 1.36 bits per heavy atom. The lowest BCUT2D eigenvalue weighted by Crippen LogP contribution is -2.17. The Bertz CT molecular complexity index is 877. The standard InChI is InChI=1S/C16H11ClFNO3/c17-12-6-10-14(9-3-1-2-4-13(9)18)19-22-15(10)11-5-8(7-20)21-16(11)12/h1-4,6,8,20H,5,7H2. The van der Waals surface area contributed by atoms with Gasteiger partial charge in [0, 0.05) is 17.5 Å². The number of benzene rings is 2. The fourth-order valence-corrected chi connectivity index (χ4v) is 3.05. The summed E-state index contributed by atoms with van der Waals surface area (Å²) in [5.74, 6) is 0.128. The molecule has 0 saturated carbocycles. The van der Waals surface area contributed by atoms with E-state index in [1.807, 2.05) is 0 Å². The van der Waals surface area contributed by atoms with E-state index in [1.165, 1.54) is 6.07 Å². The van der Waals surface area contributed by atoms with Crippen molar-refractivity contribution in [1.29, 1.82) is 0 Å². The molecule has 0 saturated heterocycles. The molecular formula is C16H11ClFNO3. The predicted octanol–water partition coefficient (Wildman–Crippen LogP) is 3.58. The number of aliphatic hydroxyl groups is 1. The monoisotopic (exact) mass is 319 g/mol. The van der Waals surface area contributed by atoms with Crippen LogP contribution >= 0.6 is 11.6 Å². The first-order valence-corrected chi connectivity index (χ1v) is 7.20. The van der Waals surface area contributed by atoms with Gasteiger partial charge in [0.05, 0.1) is 17.0 Å². The van der Waals surface area contributed by atoms with Gasteiger partial charge in [-0.3, -0.25) is 0 Å². The summed E-state index contributed by atoms with van der Waals surface area (Å²) in [4.78, 5) is 0. The first-order chi connectivity index (χ1) is 10.7. The molecule has 0 amide bonds. The molecule has 1 aliphatic heterocycles. The Morgan fingerprint density at radius 3 is 2.95 bits per heavy atom. The lowest BCUT2D eigenvalue weighted by Gasteiger charge is -2.06. The van der Waals surface area contributed by atoms with Gasteiger partial charge in [0.2, 0.25) is 0 Å². The van der Waals surface area contributed by atoms with E-state index in [2.05, 4.69) is 5.16 Å². The number of rotatable bonds is 2. The Morgan fingerprint density at radius 2 is 2.18 bits per heavy atom. The molecule has 1 aromatic heterocycles. The topological polar surface area (TPSA) is 55.5 Å². The SMILES string of the molecule is OCC1Cc2c(c(Cl)cc3c(-c4ccccc4F)noc23)O1. The third-order valence-electron chi connectivity index (χ3n) is 3.81. The maximum atomic E-state index is 14.0. The molecule has 3 aromatic rings. The Labute approximate surface area is 130 Å². The molecule has 0 bridgehead atoms. The molecular weight excluding hydrogens is 309 g/mol. The van der Waals surface area contributed by atoms with E-state index in [0.717, 1.165) is 5.56 Å². The summed E-state index contributed by atoms with van der Waals surface area (Å²) in [5.41, 5.74) is 2.05. The van der Waals surface area contributed by atoms with E-state index >= 15 is 0 Å². The molecule has 2 heterocycles. The van der Waals surface area contributed by atoms with Gasteiger partial charge in [0.15, 0.2) is 5.58 Å². The van der Waals surface area contributed by atoms with Gasteiger partial charge in [-0.2, -0.15) is 0 Å². The van der Waals surface area contributed by atoms with E-state index in [0.29, 0.717) is 39.4 Å². The summed E-state index contributed by atoms with van der Waals surface area (Å²) < 4.78 is 25.0. The van der Waals surface area contributed by atoms with Gasteiger partial charge in [-0.15, -0.1) is 0 Å². The first kappa shape index (κ1) is 13.5. The fourth-order valence-electron chi connectivity index (χ4n) is 2.79. The van der Waals surface area contributed by atoms with Gasteiger partial charge in [0.25, 0.3) is 0 Å². The quantitative estimate of drug-likeness (QED) is 0.784. The predicted molar refractivity (Wildman–Crippen MR) is 79.6 cm³/mol. The van der Waals surface area contributed by atoms with Gasteiger partial charge in [-0.25, -0.2) is 4.39 Å². The molecule has 0 radical (unpaired) electrons. The van der Waals surface area contributed by atoms with Crippen molar-refractivity contribution in [2.45, 2.75) is 12.5 Å². The van der Waals surface area contributed by atoms with Crippen molar-refractivity contribution in [3.05, 3.63) is 46.7 Å². The van der Waals surface area contributed by atoms with Crippen LogP contribution in [0.4, 0.5) is 4.39 Å². The lowest BCUT2D eigenvalue weighted by atomic mass is 10.0. The number of hydrogen-bond donors (Lipinski definition) is 1. The summed E-state index contributed by atoms with van der Waals surface area (Å²) in [5, 5.41) is 14.3. The highest BCUT2D eigenvalue weighted by molar-refractivity contribution is 6.33. The summed E-state index contributed by atoms with van der Waals surface area (Å²) in [6, 6.07) is 8.02. The van der Waals surface area contributed by atoms with Crippen LogP contribution < -0.4 is 4.74 Å². The molecule has 1 unspecified atom stereocenters. The number of nitrogens with zero attached hydrogens (tertiary/aromatic N) is 1. The molecule has 4 rings (SSSR count). The number of aliphatic hydroxyl groups excluding tert-OH is 1. The minimum Gasteiger partial charge on any atom is -0.486 e. The van der Waals surface area contributed by atoms with E-state index in [9.17, 15) is 9.50 Å². The molecule has 4 nitrogen and oxygen atoms in total. The van der Waals surface area contributed by atoms with E-state index < -0.39 is 0 Å². The van der Waals surface area contributed by atoms with Gasteiger partial charge in [0.1, 0.15) is 23.4 Å². The van der Waals surface area contributed by atoms with Gasteiger partial charge < -0.3 is 14.4 Å². The second-order valence-electron chi connectivity index (χ2n) is 5.18. The summed E-state index contributed by atoms with van der Waals surface area (Å²) in [6.07, 6.45) is 0.134. The average molecular weight is 320 g/mol. The smallest absolute Gasteiger partial charge is 0.174 e. The van der Waals surface area contributed by atoms with Crippen molar-refractivity contribution in [2.24, 2.45) is 0 Å². The minimum absolute atomic E-state index is 0.110. The van der Waals surface area contributed by atoms with Crippen molar-refractivity contribution < 1.29 is 18.8 Å². The summed E-state index contributed by atoms with van der Waals surface area (Å²) in [7, 11) is 0. The second-order valence-corrected chi connectivity index (χ2v) is 5.59. The van der Waals surface area contributed by atoms with E-state index in [1.54, 1.807) is 24.3 Å². The molecule has 0 fully saturated rings. The van der Waals surface area contributed by atoms with Crippen LogP contribution in [0.3, 0.4) is 0 Å². The van der Waals surface area contributed by atoms with Crippen molar-refractivity contribution in [3.8, 4) is 17.0 Å². The zero-order valence-electron chi connectivity index (χ0n) is 11.3. The van der Waals surface area contributed by atoms with Crippen molar-refractivity contribution in [3.63, 3.8) is 0 Å². The van der Waals surface area contributed by atoms with Crippen LogP contribution in [0.15, 0.2) is 34.9 Å². The molecule has 1 N–H and O–H groups in total. The van der Waals surface area contributed by atoms with Crippen molar-refractivity contribution in [2.75, 3.05) is 6.61 Å². The highest BCUT2D eigenvalue weighted by Crippen LogP contribution is 2.43. The van der Waals surface area contributed by atoms with Crippen molar-refractivity contribution >= 4 is 22.6 Å². The van der Waals surface area contributed by atoms with Crippen LogP contribution in [0.5, 0.6) is 5.75 Å². The van der Waals surface area contributed by atoms with Crippen LogP contribution in [0.25, 0.3) is 22.2 Å². The van der Waals surface area contributed by atoms with Crippen LogP contribution in [-0.2, 0) is 6.42 Å². The molecule has 0 aliphatic carbocycles. The summed E-state index contributed by atoms with van der Waals surface area (Å²) >= 11 is 6.26. The second kappa shape index (κ2) is 4.97. The molecule has 22 heavy (non-hydrogen) atoms. The van der Waals surface area contributed by atoms with Crippen LogP contribution in [-0.4, -0.2) is 23.0 Å². The highest BCUT2D eigenvalue weighted by Gasteiger charge is 2.30. The number of halogens is 2. The van der Waals surface area contributed by atoms with Gasteiger partial charge in [-0.1, -0.05) is 28.9 Å². The Balaban J connectivity index is 1.95. The molecule has 2 aromatic carbocycles. The van der Waals surface area contributed by atoms with Crippen LogP contribution in [0.1, 0.15) is 5.56 Å². The fraction of sp³-hybridized carbons (Fsp3) is 0.188. The lowest BCUT2D eigenvalue weighted by molar-refractivity contribution is 0.134. The molecule has 6 heteroatoms. The third-order valence-corrected chi connectivity index (χ3v) is 4.09. The van der Waals surface area contributed by atoms with E-state index in [4.69, 9.17) is 20.9 Å². The van der Waals surface area contributed by atoms with Crippen molar-refractivity contribution in [1.82, 2.24) is 5.16 Å². The zero-order valence-corrected chi connectivity index (χ0v) is 12.1. The third kappa shape index (κ3) is 1.90. The molecule has 112 valence electrons. The largest absolute Gasteiger partial charge is 0.486 e. The summed E-state index contributed by atoms with van der Waals surface area (Å²) in [6.45, 7) is -0.110. The zero-order chi connectivity index (χ0) is 15.3. The number of fused-ring (bicyclic) bond motifs is 3. The van der Waals surface area contributed by atoms with E-state index in [-0.39, 0.29) is 18.5 Å². The molecule has 0 spiro atoms.